The molecule has 5 saturated heterocycles. The first-order valence-electron chi connectivity index (χ1n) is 23.1. The summed E-state index contributed by atoms with van der Waals surface area (Å²) in [6, 6.07) is 21.5. The SMILES string of the molecule is NC1=C(N2CC3CCC(C2)N3c2cccc(CC3CCN(C(=O)CCC4CCN(c5ccc6c(c5)C(=O)N(C5CCC(=O)NC5=O)C6=O)CC4)CC3)c2)C=C(c2ccccc2O)NN1. The fourth-order valence-electron chi connectivity index (χ4n) is 11.3. The fraction of sp³-hybridized carbons (Fsp3) is 0.449. The third kappa shape index (κ3) is 8.00. The number of rotatable bonds is 10. The molecule has 15 heteroatoms. The molecule has 0 saturated carbocycles. The van der Waals surface area contributed by atoms with Gasteiger partial charge in [0, 0.05) is 81.1 Å². The van der Waals surface area contributed by atoms with E-state index in [1.807, 2.05) is 30.3 Å². The largest absolute Gasteiger partial charge is 0.507 e. The lowest BCUT2D eigenvalue weighted by Gasteiger charge is -2.44. The summed E-state index contributed by atoms with van der Waals surface area (Å²) in [4.78, 5) is 74.4. The lowest BCUT2D eigenvalue weighted by molar-refractivity contribution is -0.136. The van der Waals surface area contributed by atoms with Crippen LogP contribution in [0.4, 0.5) is 11.4 Å². The van der Waals surface area contributed by atoms with Gasteiger partial charge in [-0.1, -0.05) is 24.3 Å². The van der Waals surface area contributed by atoms with Crippen molar-refractivity contribution in [1.29, 1.82) is 0 Å². The normalized spacial score (nSPS) is 24.2. The Bertz CT molecular complexity index is 2420. The first kappa shape index (κ1) is 41.5. The molecular formula is C49H57N9O6. The van der Waals surface area contributed by atoms with Crippen molar-refractivity contribution >= 4 is 46.6 Å². The van der Waals surface area contributed by atoms with E-state index < -0.39 is 29.7 Å². The molecular weight excluding hydrogens is 811 g/mol. The first-order chi connectivity index (χ1) is 31.1. The first-order valence-corrected chi connectivity index (χ1v) is 23.1. The number of allylic oxidation sites excluding steroid dienone is 1. The van der Waals surface area contributed by atoms with Crippen molar-refractivity contribution < 1.29 is 29.1 Å². The second-order valence-corrected chi connectivity index (χ2v) is 18.7. The smallest absolute Gasteiger partial charge is 0.262 e. The van der Waals surface area contributed by atoms with Crippen LogP contribution < -0.4 is 31.7 Å². The highest BCUT2D eigenvalue weighted by atomic mass is 16.3. The molecule has 64 heavy (non-hydrogen) atoms. The van der Waals surface area contributed by atoms with Gasteiger partial charge in [-0.05, 0) is 124 Å². The van der Waals surface area contributed by atoms with Gasteiger partial charge in [0.2, 0.25) is 17.7 Å². The number of amides is 5. The van der Waals surface area contributed by atoms with E-state index in [2.05, 4.69) is 60.0 Å². The van der Waals surface area contributed by atoms with Gasteiger partial charge in [0.1, 0.15) is 17.6 Å². The number of phenolic OH excluding ortho intramolecular Hbond substituents is 1. The Morgan fingerprint density at radius 3 is 2.20 bits per heavy atom. The minimum Gasteiger partial charge on any atom is -0.507 e. The summed E-state index contributed by atoms with van der Waals surface area (Å²) in [5.41, 5.74) is 19.3. The lowest BCUT2D eigenvalue weighted by atomic mass is 9.89. The van der Waals surface area contributed by atoms with Gasteiger partial charge >= 0.3 is 0 Å². The van der Waals surface area contributed by atoms with Crippen LogP contribution in [0.2, 0.25) is 0 Å². The number of fused-ring (bicyclic) bond motifs is 3. The van der Waals surface area contributed by atoms with Gasteiger partial charge in [0.15, 0.2) is 0 Å². The molecule has 7 aliphatic rings. The maximum atomic E-state index is 13.4. The molecule has 334 valence electrons. The van der Waals surface area contributed by atoms with Gasteiger partial charge in [-0.3, -0.25) is 45.0 Å². The van der Waals surface area contributed by atoms with E-state index in [-0.39, 0.29) is 30.1 Å². The number of phenols is 1. The number of carbonyl (C=O) groups is 5. The standard InChI is InChI=1S/C49H57N9O6/c50-46-42(27-40(52-53-46)38-6-1-2-7-43(38)59)56-28-35-9-10-36(29-56)57(35)34-5-3-4-32(25-34)24-31-18-22-55(23-19-31)45(61)15-8-30-16-20-54(21-17-30)33-11-12-37-39(26-33)49(64)58(48(37)63)41-13-14-44(60)51-47(41)62/h1-7,11-12,25-27,30-31,35-36,41,52-53,59H,8-10,13-24,28-29,50H2,(H,51,60,62). The van der Waals surface area contributed by atoms with Crippen molar-refractivity contribution in [2.75, 3.05) is 49.1 Å². The van der Waals surface area contributed by atoms with E-state index >= 15 is 0 Å². The van der Waals surface area contributed by atoms with Crippen molar-refractivity contribution in [3.8, 4) is 5.75 Å². The fourth-order valence-corrected chi connectivity index (χ4v) is 11.3. The number of hydrogen-bond acceptors (Lipinski definition) is 12. The Kier molecular flexibility index (Phi) is 11.2. The second-order valence-electron chi connectivity index (χ2n) is 18.7. The average molecular weight is 868 g/mol. The molecule has 2 bridgehead atoms. The topological polar surface area (TPSA) is 184 Å². The van der Waals surface area contributed by atoms with Gasteiger partial charge in [-0.2, -0.15) is 0 Å². The third-order valence-corrected chi connectivity index (χ3v) is 14.8. The summed E-state index contributed by atoms with van der Waals surface area (Å²) in [5, 5.41) is 12.7. The molecule has 0 radical (unpaired) electrons. The van der Waals surface area contributed by atoms with Crippen LogP contribution in [0.3, 0.4) is 0 Å². The molecule has 3 aromatic carbocycles. The lowest BCUT2D eigenvalue weighted by Crippen LogP contribution is -2.54. The highest BCUT2D eigenvalue weighted by Gasteiger charge is 2.45. The van der Waals surface area contributed by atoms with Crippen LogP contribution in [0.1, 0.15) is 96.1 Å². The van der Waals surface area contributed by atoms with Crippen LogP contribution in [0.25, 0.3) is 5.70 Å². The molecule has 3 unspecified atom stereocenters. The zero-order valence-corrected chi connectivity index (χ0v) is 36.1. The molecule has 7 aliphatic heterocycles. The van der Waals surface area contributed by atoms with Crippen LogP contribution >= 0.6 is 0 Å². The Morgan fingerprint density at radius 2 is 1.45 bits per heavy atom. The van der Waals surface area contributed by atoms with E-state index in [0.29, 0.717) is 41.7 Å². The Balaban J connectivity index is 0.674. The third-order valence-electron chi connectivity index (χ3n) is 14.8. The van der Waals surface area contributed by atoms with Crippen molar-refractivity contribution in [3.05, 3.63) is 107 Å². The number of piperazine rings is 1. The van der Waals surface area contributed by atoms with Crippen molar-refractivity contribution in [2.24, 2.45) is 17.6 Å². The summed E-state index contributed by atoms with van der Waals surface area (Å²) in [7, 11) is 0. The summed E-state index contributed by atoms with van der Waals surface area (Å²) < 4.78 is 0. The van der Waals surface area contributed by atoms with E-state index in [4.69, 9.17) is 5.73 Å². The van der Waals surface area contributed by atoms with Crippen molar-refractivity contribution in [3.63, 3.8) is 0 Å². The quantitative estimate of drug-likeness (QED) is 0.184. The molecule has 0 spiro atoms. The van der Waals surface area contributed by atoms with E-state index in [1.165, 1.54) is 11.3 Å². The number of nitrogens with zero attached hydrogens (tertiary/aromatic N) is 5. The second kappa shape index (κ2) is 17.2. The maximum Gasteiger partial charge on any atom is 0.262 e. The van der Waals surface area contributed by atoms with Crippen molar-refractivity contribution in [2.45, 2.75) is 88.8 Å². The molecule has 6 N–H and O–H groups in total. The minimum atomic E-state index is -0.980. The molecule has 3 atom stereocenters. The minimum absolute atomic E-state index is 0.0872. The number of piperidine rings is 3. The summed E-state index contributed by atoms with van der Waals surface area (Å²) in [6.07, 6.45) is 10.9. The number of hydrogen-bond donors (Lipinski definition) is 5. The predicted molar refractivity (Wildman–Crippen MR) is 241 cm³/mol. The molecule has 5 amide bonds. The number of nitrogens with one attached hydrogen (secondary N) is 3. The van der Waals surface area contributed by atoms with Crippen molar-refractivity contribution in [1.82, 2.24) is 30.9 Å². The van der Waals surface area contributed by atoms with Crippen LogP contribution in [-0.4, -0.2) is 107 Å². The number of likely N-dealkylation sites (tertiary alicyclic amines) is 2. The van der Waals surface area contributed by atoms with Gasteiger partial charge in [0.25, 0.3) is 11.8 Å². The number of anilines is 2. The Labute approximate surface area is 373 Å². The van der Waals surface area contributed by atoms with E-state index in [0.717, 1.165) is 118 Å². The molecule has 0 aliphatic carbocycles. The van der Waals surface area contributed by atoms with Gasteiger partial charge in [0.05, 0.1) is 22.5 Å². The number of hydrazine groups is 1. The predicted octanol–water partition coefficient (Wildman–Crippen LogP) is 4.20. The zero-order valence-electron chi connectivity index (χ0n) is 36.1. The number of benzene rings is 3. The Hall–Kier alpha value is -6.51. The van der Waals surface area contributed by atoms with E-state index in [9.17, 15) is 29.1 Å². The molecule has 3 aromatic rings. The molecule has 10 rings (SSSR count). The van der Waals surface area contributed by atoms with Crippen LogP contribution in [0, 0.1) is 11.8 Å². The monoisotopic (exact) mass is 867 g/mol. The van der Waals surface area contributed by atoms with Crippen LogP contribution in [-0.2, 0) is 20.8 Å². The number of para-hydroxylation sites is 1. The average Bonchev–Trinajstić information content (AvgIpc) is 3.72. The van der Waals surface area contributed by atoms with Gasteiger partial charge < -0.3 is 30.4 Å². The maximum absolute atomic E-state index is 13.4. The summed E-state index contributed by atoms with van der Waals surface area (Å²) in [6.45, 7) is 4.93. The van der Waals surface area contributed by atoms with Crippen LogP contribution in [0.15, 0.2) is 84.3 Å². The highest BCUT2D eigenvalue weighted by Crippen LogP contribution is 2.39. The molecule has 0 aromatic heterocycles. The summed E-state index contributed by atoms with van der Waals surface area (Å²) in [5.74, 6) is 0.0393. The van der Waals surface area contributed by atoms with Crippen LogP contribution in [0.5, 0.6) is 5.75 Å². The highest BCUT2D eigenvalue weighted by molar-refractivity contribution is 6.23. The zero-order chi connectivity index (χ0) is 44.1. The molecule has 7 heterocycles. The number of nitrogens with two attached hydrogens (primary N) is 1. The van der Waals surface area contributed by atoms with E-state index in [1.54, 1.807) is 18.2 Å². The molecule has 5 fully saturated rings. The molecule has 15 nitrogen and oxygen atoms in total. The Morgan fingerprint density at radius 1 is 0.719 bits per heavy atom. The van der Waals surface area contributed by atoms with Gasteiger partial charge in [-0.15, -0.1) is 0 Å². The number of aromatic hydroxyl groups is 1. The summed E-state index contributed by atoms with van der Waals surface area (Å²) >= 11 is 0. The van der Waals surface area contributed by atoms with Gasteiger partial charge in [-0.25, -0.2) is 0 Å². The number of carbonyl (C=O) groups excluding carboxylic acids is 5. The number of imide groups is 2.